The summed E-state index contributed by atoms with van der Waals surface area (Å²) in [6, 6.07) is 7.22. The van der Waals surface area contributed by atoms with Gasteiger partial charge in [-0.2, -0.15) is 0 Å². The second-order valence-corrected chi connectivity index (χ2v) is 7.73. The van der Waals surface area contributed by atoms with Crippen molar-refractivity contribution in [1.29, 1.82) is 0 Å². The number of ether oxygens (including phenoxy) is 1. The molecule has 0 aromatic heterocycles. The fourth-order valence-corrected chi connectivity index (χ4v) is 4.26. The largest absolute Gasteiger partial charge is 0.477 e. The van der Waals surface area contributed by atoms with Gasteiger partial charge in [-0.1, -0.05) is 30.7 Å². The number of rotatable bonds is 6. The van der Waals surface area contributed by atoms with Crippen LogP contribution in [-0.4, -0.2) is 58.0 Å². The second kappa shape index (κ2) is 10.3. The standard InChI is InChI=1S/C11H12N2O6S.C8H9Cl/c1-5(15)19-2-6-3-20-10-7(12-4-14)9(16)13(10)8(6)11(17)18;1-2-7-3-5-8(9)6-4-7/h4,7,10H,2-3H2,1H3,(H,12,14)(H,17,18);3-6H,2H2,1H3. The number of aliphatic carboxylic acids is 1. The minimum Gasteiger partial charge on any atom is -0.477 e. The Balaban J connectivity index is 0.000000278. The number of carbonyl (C=O) groups excluding carboxylic acids is 3. The first-order valence-electron chi connectivity index (χ1n) is 8.77. The number of hydrogen-bond donors (Lipinski definition) is 2. The van der Waals surface area contributed by atoms with E-state index < -0.39 is 29.3 Å². The van der Waals surface area contributed by atoms with E-state index in [9.17, 15) is 24.3 Å². The van der Waals surface area contributed by atoms with Crippen LogP contribution < -0.4 is 5.32 Å². The SMILES string of the molecule is CC(=O)OCC1=C(C(=O)O)N2C(=O)C(NC=O)C2SC1.CCc1ccc(Cl)cc1. The molecule has 1 aromatic carbocycles. The fourth-order valence-electron chi connectivity index (χ4n) is 2.80. The van der Waals surface area contributed by atoms with Crippen LogP contribution in [0.4, 0.5) is 0 Å². The van der Waals surface area contributed by atoms with Gasteiger partial charge in [0.1, 0.15) is 23.7 Å². The zero-order valence-corrected chi connectivity index (χ0v) is 17.5. The first-order valence-corrected chi connectivity index (χ1v) is 10.2. The van der Waals surface area contributed by atoms with Crippen molar-refractivity contribution in [2.45, 2.75) is 31.7 Å². The predicted octanol–water partition coefficient (Wildman–Crippen LogP) is 1.82. The van der Waals surface area contributed by atoms with Crippen LogP contribution in [0.3, 0.4) is 0 Å². The van der Waals surface area contributed by atoms with E-state index in [0.29, 0.717) is 17.7 Å². The molecular formula is C19H21ClN2O6S. The number of β-lactam (4-membered cyclic amide) rings is 1. The van der Waals surface area contributed by atoms with Crippen molar-refractivity contribution in [2.75, 3.05) is 12.4 Å². The van der Waals surface area contributed by atoms with Gasteiger partial charge in [0, 0.05) is 23.3 Å². The topological polar surface area (TPSA) is 113 Å². The molecule has 156 valence electrons. The molecule has 0 radical (unpaired) electrons. The summed E-state index contributed by atoms with van der Waals surface area (Å²) >= 11 is 6.99. The molecule has 2 amide bonds. The van der Waals surface area contributed by atoms with Gasteiger partial charge >= 0.3 is 11.9 Å². The third kappa shape index (κ3) is 5.51. The van der Waals surface area contributed by atoms with Gasteiger partial charge in [-0.3, -0.25) is 19.3 Å². The van der Waals surface area contributed by atoms with E-state index in [2.05, 4.69) is 12.2 Å². The zero-order chi connectivity index (χ0) is 21.6. The number of benzene rings is 1. The van der Waals surface area contributed by atoms with Gasteiger partial charge in [0.15, 0.2) is 0 Å². The third-order valence-electron chi connectivity index (χ3n) is 4.27. The molecule has 0 bridgehead atoms. The Morgan fingerprint density at radius 3 is 2.55 bits per heavy atom. The number of nitrogens with zero attached hydrogens (tertiary/aromatic N) is 1. The Kier molecular flexibility index (Phi) is 8.10. The minimum absolute atomic E-state index is 0.160. The Morgan fingerprint density at radius 2 is 2.03 bits per heavy atom. The summed E-state index contributed by atoms with van der Waals surface area (Å²) in [6.45, 7) is 3.19. The molecule has 29 heavy (non-hydrogen) atoms. The predicted molar refractivity (Wildman–Crippen MR) is 108 cm³/mol. The fraction of sp³-hybridized carbons (Fsp3) is 0.368. The van der Waals surface area contributed by atoms with E-state index in [0.717, 1.165) is 16.3 Å². The number of fused-ring (bicyclic) bond motifs is 1. The molecule has 2 aliphatic rings. The molecule has 2 heterocycles. The van der Waals surface area contributed by atoms with Crippen molar-refractivity contribution in [1.82, 2.24) is 10.2 Å². The third-order valence-corrected chi connectivity index (χ3v) is 5.86. The van der Waals surface area contributed by atoms with Gasteiger partial charge in [-0.25, -0.2) is 4.79 Å². The van der Waals surface area contributed by atoms with Crippen LogP contribution in [-0.2, 0) is 30.3 Å². The molecule has 2 atom stereocenters. The van der Waals surface area contributed by atoms with E-state index in [1.165, 1.54) is 24.2 Å². The van der Waals surface area contributed by atoms with Crippen LogP contribution in [0.5, 0.6) is 0 Å². The summed E-state index contributed by atoms with van der Waals surface area (Å²) < 4.78 is 4.80. The number of thioether (sulfide) groups is 1. The number of carbonyl (C=O) groups is 4. The van der Waals surface area contributed by atoms with E-state index in [-0.39, 0.29) is 12.3 Å². The van der Waals surface area contributed by atoms with Crippen molar-refractivity contribution in [3.8, 4) is 0 Å². The summed E-state index contributed by atoms with van der Waals surface area (Å²) in [5, 5.41) is 12.0. The lowest BCUT2D eigenvalue weighted by atomic mass is 10.0. The highest BCUT2D eigenvalue weighted by Gasteiger charge is 2.53. The Morgan fingerprint density at radius 1 is 1.38 bits per heavy atom. The Labute approximate surface area is 177 Å². The maximum atomic E-state index is 11.9. The highest BCUT2D eigenvalue weighted by molar-refractivity contribution is 8.00. The van der Waals surface area contributed by atoms with Crippen LogP contribution in [0.25, 0.3) is 0 Å². The number of aryl methyl sites for hydroxylation is 1. The van der Waals surface area contributed by atoms with E-state index >= 15 is 0 Å². The molecule has 2 unspecified atom stereocenters. The molecular weight excluding hydrogens is 420 g/mol. The number of amides is 2. The quantitative estimate of drug-likeness (QED) is 0.394. The number of carboxylic acid groups (broad SMARTS) is 1. The molecule has 1 saturated heterocycles. The first-order chi connectivity index (χ1) is 13.8. The number of nitrogens with one attached hydrogen (secondary N) is 1. The molecule has 0 saturated carbocycles. The van der Waals surface area contributed by atoms with Gasteiger partial charge in [-0.15, -0.1) is 11.8 Å². The molecule has 1 fully saturated rings. The first kappa shape index (κ1) is 22.8. The van der Waals surface area contributed by atoms with Gasteiger partial charge < -0.3 is 15.2 Å². The van der Waals surface area contributed by atoms with Gasteiger partial charge in [-0.05, 0) is 24.1 Å². The molecule has 2 N–H and O–H groups in total. The number of esters is 1. The molecule has 8 nitrogen and oxygen atoms in total. The van der Waals surface area contributed by atoms with Gasteiger partial charge in [0.05, 0.1) is 0 Å². The highest BCUT2D eigenvalue weighted by atomic mass is 35.5. The van der Waals surface area contributed by atoms with Crippen LogP contribution in [0.1, 0.15) is 19.4 Å². The lowest BCUT2D eigenvalue weighted by Gasteiger charge is -2.48. The van der Waals surface area contributed by atoms with E-state index in [4.69, 9.17) is 16.3 Å². The molecule has 0 spiro atoms. The summed E-state index contributed by atoms with van der Waals surface area (Å²) in [5.41, 5.74) is 1.54. The summed E-state index contributed by atoms with van der Waals surface area (Å²) in [6.07, 6.45) is 1.50. The minimum atomic E-state index is -1.25. The maximum absolute atomic E-state index is 11.9. The van der Waals surface area contributed by atoms with Crippen molar-refractivity contribution in [2.24, 2.45) is 0 Å². The lowest BCUT2D eigenvalue weighted by molar-refractivity contribution is -0.150. The average Bonchev–Trinajstić information content (AvgIpc) is 2.70. The molecule has 10 heteroatoms. The molecule has 3 rings (SSSR count). The molecule has 1 aromatic rings. The van der Waals surface area contributed by atoms with Crippen molar-refractivity contribution >= 4 is 47.6 Å². The Bertz CT molecular complexity index is 826. The molecule has 2 aliphatic heterocycles. The van der Waals surface area contributed by atoms with E-state index in [1.54, 1.807) is 0 Å². The lowest BCUT2D eigenvalue weighted by Crippen LogP contribution is -2.69. The maximum Gasteiger partial charge on any atom is 0.352 e. The normalized spacial score (nSPS) is 20.0. The average molecular weight is 441 g/mol. The van der Waals surface area contributed by atoms with Crippen LogP contribution in [0.2, 0.25) is 5.02 Å². The zero-order valence-electron chi connectivity index (χ0n) is 15.9. The summed E-state index contributed by atoms with van der Waals surface area (Å²) in [5.74, 6) is -1.94. The Hall–Kier alpha value is -2.52. The van der Waals surface area contributed by atoms with E-state index in [1.807, 2.05) is 24.3 Å². The second-order valence-electron chi connectivity index (χ2n) is 6.19. The van der Waals surface area contributed by atoms with Crippen LogP contribution in [0, 0.1) is 0 Å². The monoisotopic (exact) mass is 440 g/mol. The van der Waals surface area contributed by atoms with Crippen molar-refractivity contribution in [3.63, 3.8) is 0 Å². The summed E-state index contributed by atoms with van der Waals surface area (Å²) in [7, 11) is 0. The van der Waals surface area contributed by atoms with Crippen molar-refractivity contribution in [3.05, 3.63) is 46.1 Å². The molecule has 0 aliphatic carbocycles. The smallest absolute Gasteiger partial charge is 0.352 e. The van der Waals surface area contributed by atoms with Crippen molar-refractivity contribution < 1.29 is 29.0 Å². The summed E-state index contributed by atoms with van der Waals surface area (Å²) in [4.78, 5) is 45.5. The van der Waals surface area contributed by atoms with Gasteiger partial charge in [0.2, 0.25) is 6.41 Å². The van der Waals surface area contributed by atoms with Crippen LogP contribution >= 0.6 is 23.4 Å². The number of halogens is 1. The number of hydrogen-bond acceptors (Lipinski definition) is 6. The van der Waals surface area contributed by atoms with Crippen LogP contribution in [0.15, 0.2) is 35.5 Å². The highest BCUT2D eigenvalue weighted by Crippen LogP contribution is 2.40. The number of carboxylic acids is 1. The van der Waals surface area contributed by atoms with Gasteiger partial charge in [0.25, 0.3) is 5.91 Å².